The Labute approximate surface area is 221 Å². The quantitative estimate of drug-likeness (QED) is 0.163. The smallest absolute Gasteiger partial charge is 0.203 e. The van der Waals surface area contributed by atoms with E-state index in [1.54, 1.807) is 48.6 Å². The van der Waals surface area contributed by atoms with Crippen LogP contribution in [0.4, 0.5) is 10.1 Å². The molecule has 0 unspecified atom stereocenters. The first-order chi connectivity index (χ1) is 18.4. The molecule has 3 aromatic carbocycles. The molecule has 3 rings (SSSR count). The summed E-state index contributed by atoms with van der Waals surface area (Å²) in [7, 11) is 8.97. The summed E-state index contributed by atoms with van der Waals surface area (Å²) in [5, 5.41) is 0. The molecule has 0 heterocycles. The van der Waals surface area contributed by atoms with Gasteiger partial charge >= 0.3 is 0 Å². The van der Waals surface area contributed by atoms with Crippen LogP contribution in [0.5, 0.6) is 34.5 Å². The summed E-state index contributed by atoms with van der Waals surface area (Å²) in [6.45, 7) is 0. The largest absolute Gasteiger partial charge is 0.493 e. The van der Waals surface area contributed by atoms with Crippen LogP contribution in [0.15, 0.2) is 47.5 Å². The molecule has 0 saturated heterocycles. The predicted octanol–water partition coefficient (Wildman–Crippen LogP) is 6.02. The van der Waals surface area contributed by atoms with Crippen LogP contribution in [0.1, 0.15) is 27.9 Å². The Hall–Kier alpha value is -4.53. The summed E-state index contributed by atoms with van der Waals surface area (Å²) in [5.74, 6) is 1.64. The fourth-order valence-electron chi connectivity index (χ4n) is 3.74. The van der Waals surface area contributed by atoms with Crippen molar-refractivity contribution in [3.8, 4) is 34.5 Å². The number of hydrogen-bond acceptors (Lipinski definition) is 8. The molecule has 0 radical (unpaired) electrons. The van der Waals surface area contributed by atoms with Crippen molar-refractivity contribution in [3.63, 3.8) is 0 Å². The lowest BCUT2D eigenvalue weighted by molar-refractivity contribution is 0.100. The lowest BCUT2D eigenvalue weighted by atomic mass is 10.1. The zero-order valence-electron chi connectivity index (χ0n) is 22.2. The van der Waals surface area contributed by atoms with Crippen LogP contribution < -0.4 is 28.4 Å². The zero-order valence-corrected chi connectivity index (χ0v) is 22.2. The number of carbonyl (C=O) groups excluding carboxylic acids is 1. The number of methoxy groups -OCH3 is 6. The Morgan fingerprint density at radius 2 is 1.29 bits per heavy atom. The number of benzene rings is 3. The number of nitrogens with zero attached hydrogens (tertiary/aromatic N) is 1. The van der Waals surface area contributed by atoms with Crippen molar-refractivity contribution in [2.75, 3.05) is 42.7 Å². The molecular formula is C29H30FNO7. The van der Waals surface area contributed by atoms with E-state index >= 15 is 0 Å². The van der Waals surface area contributed by atoms with Gasteiger partial charge in [-0.05, 0) is 53.6 Å². The minimum Gasteiger partial charge on any atom is -0.493 e. The van der Waals surface area contributed by atoms with Gasteiger partial charge in [0.2, 0.25) is 5.75 Å². The van der Waals surface area contributed by atoms with Gasteiger partial charge in [-0.2, -0.15) is 0 Å². The fraction of sp³-hybridized carbons (Fsp3) is 0.241. The van der Waals surface area contributed by atoms with E-state index in [1.807, 2.05) is 0 Å². The SMILES string of the molecule is COc1ccc(C(=O)CC=Nc2cc(/C=C\c3cc(OC)c(OC)c(OC)c3)cc(F)c2OC)cc1OC. The number of hydrogen-bond donors (Lipinski definition) is 0. The van der Waals surface area contributed by atoms with Crippen molar-refractivity contribution in [2.24, 2.45) is 4.99 Å². The molecular weight excluding hydrogens is 493 g/mol. The van der Waals surface area contributed by atoms with Crippen molar-refractivity contribution in [3.05, 3.63) is 65.0 Å². The molecule has 0 amide bonds. The van der Waals surface area contributed by atoms with E-state index in [0.29, 0.717) is 39.9 Å². The number of ether oxygens (including phenoxy) is 6. The Bertz CT molecular complexity index is 1330. The van der Waals surface area contributed by atoms with Gasteiger partial charge in [-0.3, -0.25) is 9.79 Å². The van der Waals surface area contributed by atoms with E-state index in [9.17, 15) is 9.18 Å². The van der Waals surface area contributed by atoms with Crippen LogP contribution in [0, 0.1) is 5.82 Å². The monoisotopic (exact) mass is 523 g/mol. The number of Topliss-reactive ketones (excluding diaryl/α,β-unsaturated/α-hetero) is 1. The first-order valence-corrected chi connectivity index (χ1v) is 11.5. The second-order valence-corrected chi connectivity index (χ2v) is 7.86. The summed E-state index contributed by atoms with van der Waals surface area (Å²) in [5.41, 5.74) is 1.98. The molecule has 0 spiro atoms. The van der Waals surface area contributed by atoms with Gasteiger partial charge in [-0.25, -0.2) is 4.39 Å². The molecule has 8 nitrogen and oxygen atoms in total. The highest BCUT2D eigenvalue weighted by atomic mass is 19.1. The maximum Gasteiger partial charge on any atom is 0.203 e. The minimum atomic E-state index is -0.585. The number of halogens is 1. The van der Waals surface area contributed by atoms with Gasteiger partial charge in [0, 0.05) is 18.2 Å². The summed E-state index contributed by atoms with van der Waals surface area (Å²) < 4.78 is 46.6. The Morgan fingerprint density at radius 1 is 0.711 bits per heavy atom. The van der Waals surface area contributed by atoms with Gasteiger partial charge < -0.3 is 28.4 Å². The summed E-state index contributed by atoms with van der Waals surface area (Å²) in [4.78, 5) is 17.0. The van der Waals surface area contributed by atoms with Crippen LogP contribution in [-0.2, 0) is 0 Å². The molecule has 38 heavy (non-hydrogen) atoms. The maximum atomic E-state index is 14.8. The minimum absolute atomic E-state index is 0.00817. The van der Waals surface area contributed by atoms with Crippen molar-refractivity contribution in [1.29, 1.82) is 0 Å². The highest BCUT2D eigenvalue weighted by Gasteiger charge is 2.14. The average Bonchev–Trinajstić information content (AvgIpc) is 2.94. The molecule has 0 aliphatic rings. The summed E-state index contributed by atoms with van der Waals surface area (Å²) >= 11 is 0. The van der Waals surface area contributed by atoms with E-state index in [2.05, 4.69) is 4.99 Å². The first-order valence-electron chi connectivity index (χ1n) is 11.5. The molecule has 3 aromatic rings. The van der Waals surface area contributed by atoms with E-state index in [4.69, 9.17) is 28.4 Å². The van der Waals surface area contributed by atoms with E-state index in [-0.39, 0.29) is 23.6 Å². The van der Waals surface area contributed by atoms with E-state index in [0.717, 1.165) is 5.56 Å². The lowest BCUT2D eigenvalue weighted by Crippen LogP contribution is -2.01. The number of ketones is 1. The van der Waals surface area contributed by atoms with Crippen LogP contribution in [-0.4, -0.2) is 54.7 Å². The Balaban J connectivity index is 1.85. The van der Waals surface area contributed by atoms with Gasteiger partial charge in [0.1, 0.15) is 5.69 Å². The van der Waals surface area contributed by atoms with Gasteiger partial charge in [-0.15, -0.1) is 0 Å². The molecule has 0 N–H and O–H groups in total. The second-order valence-electron chi connectivity index (χ2n) is 7.86. The molecule has 0 saturated carbocycles. The topological polar surface area (TPSA) is 84.8 Å². The van der Waals surface area contributed by atoms with Crippen molar-refractivity contribution < 1.29 is 37.6 Å². The summed E-state index contributed by atoms with van der Waals surface area (Å²) in [6.07, 6.45) is 4.91. The van der Waals surface area contributed by atoms with Crippen LogP contribution in [0.2, 0.25) is 0 Å². The number of rotatable bonds is 12. The normalized spacial score (nSPS) is 11.0. The van der Waals surface area contributed by atoms with Gasteiger partial charge in [0.15, 0.2) is 40.3 Å². The molecule has 0 atom stereocenters. The van der Waals surface area contributed by atoms with Crippen LogP contribution in [0.25, 0.3) is 12.2 Å². The van der Waals surface area contributed by atoms with Gasteiger partial charge in [0.25, 0.3) is 0 Å². The zero-order chi connectivity index (χ0) is 27.7. The van der Waals surface area contributed by atoms with Gasteiger partial charge in [-0.1, -0.05) is 12.2 Å². The van der Waals surface area contributed by atoms with Crippen LogP contribution >= 0.6 is 0 Å². The molecule has 0 aliphatic heterocycles. The average molecular weight is 524 g/mol. The number of carbonyl (C=O) groups is 1. The van der Waals surface area contributed by atoms with Crippen molar-refractivity contribution in [1.82, 2.24) is 0 Å². The third-order valence-electron chi connectivity index (χ3n) is 5.62. The van der Waals surface area contributed by atoms with Crippen molar-refractivity contribution >= 4 is 29.8 Å². The Kier molecular flexibility index (Phi) is 9.70. The third kappa shape index (κ3) is 6.42. The highest BCUT2D eigenvalue weighted by Crippen LogP contribution is 2.39. The number of aliphatic imine (C=N–C) groups is 1. The Morgan fingerprint density at radius 3 is 1.84 bits per heavy atom. The third-order valence-corrected chi connectivity index (χ3v) is 5.62. The second kappa shape index (κ2) is 13.1. The molecule has 9 heteroatoms. The molecule has 200 valence electrons. The summed E-state index contributed by atoms with van der Waals surface area (Å²) in [6, 6.07) is 11.4. The predicted molar refractivity (Wildman–Crippen MR) is 145 cm³/mol. The molecule has 0 aliphatic carbocycles. The molecule has 0 bridgehead atoms. The highest BCUT2D eigenvalue weighted by molar-refractivity contribution is 6.04. The molecule has 0 fully saturated rings. The van der Waals surface area contributed by atoms with Crippen molar-refractivity contribution in [2.45, 2.75) is 6.42 Å². The lowest BCUT2D eigenvalue weighted by Gasteiger charge is -2.13. The molecule has 0 aromatic heterocycles. The van der Waals surface area contributed by atoms with E-state index < -0.39 is 5.82 Å². The first kappa shape index (κ1) is 28.0. The van der Waals surface area contributed by atoms with Crippen LogP contribution in [0.3, 0.4) is 0 Å². The maximum absolute atomic E-state index is 14.8. The standard InChI is InChI=1S/C29H30FNO7/c1-33-24-10-9-20(17-25(24)34-2)23(32)11-12-31-22-14-18(13-21(30)28(22)37-5)7-8-19-15-26(35-3)29(38-6)27(16-19)36-4/h7-10,12-17H,11H2,1-6H3/b8-7-,31-12?. The van der Waals surface area contributed by atoms with Gasteiger partial charge in [0.05, 0.1) is 42.7 Å². The fourth-order valence-corrected chi connectivity index (χ4v) is 3.74. The van der Waals surface area contributed by atoms with E-state index in [1.165, 1.54) is 54.9 Å².